The van der Waals surface area contributed by atoms with Crippen molar-refractivity contribution in [3.8, 4) is 0 Å². The van der Waals surface area contributed by atoms with Gasteiger partial charge >= 0.3 is 5.97 Å². The molecule has 0 spiro atoms. The fourth-order valence-electron chi connectivity index (χ4n) is 2.64. The van der Waals surface area contributed by atoms with Gasteiger partial charge < -0.3 is 18.4 Å². The Labute approximate surface area is 181 Å². The van der Waals surface area contributed by atoms with Crippen molar-refractivity contribution in [1.82, 2.24) is 0 Å². The predicted molar refractivity (Wildman–Crippen MR) is 125 cm³/mol. The van der Waals surface area contributed by atoms with Gasteiger partial charge in [0.2, 0.25) is 0 Å². The van der Waals surface area contributed by atoms with E-state index in [2.05, 4.69) is 67.7 Å². The molecule has 0 aromatic heterocycles. The van der Waals surface area contributed by atoms with E-state index < -0.39 is 16.6 Å². The third kappa shape index (κ3) is 7.92. The van der Waals surface area contributed by atoms with Crippen LogP contribution in [0.1, 0.15) is 61.8 Å². The van der Waals surface area contributed by atoms with Gasteiger partial charge in [-0.3, -0.25) is 4.79 Å². The van der Waals surface area contributed by atoms with Gasteiger partial charge in [-0.15, -0.1) is 0 Å². The molecule has 0 amide bonds. The summed E-state index contributed by atoms with van der Waals surface area (Å²) in [5.74, 6) is -0.717. The molecule has 0 saturated carbocycles. The van der Waals surface area contributed by atoms with Gasteiger partial charge in [0.05, 0.1) is 25.7 Å². The molecular weight excluding hydrogens is 400 g/mol. The molecule has 0 N–H and O–H groups in total. The molecule has 0 bridgehead atoms. The van der Waals surface area contributed by atoms with Crippen LogP contribution in [0.2, 0.25) is 36.3 Å². The minimum atomic E-state index is -2.14. The summed E-state index contributed by atoms with van der Waals surface area (Å²) in [6, 6.07) is 0. The minimum Gasteiger partial charge on any atom is -0.469 e. The van der Waals surface area contributed by atoms with Crippen molar-refractivity contribution in [3.05, 3.63) is 0 Å². The molecule has 172 valence electrons. The molecular formula is C22H46O5Si2. The first-order valence-electron chi connectivity index (χ1n) is 10.7. The number of hydrogen-bond donors (Lipinski definition) is 0. The van der Waals surface area contributed by atoms with Gasteiger partial charge in [-0.1, -0.05) is 55.4 Å². The SMILES string of the molecule is COC(=O)C[C@@H](O[Si](C)(C)C(C)(C)C)[C@H](C)[C@@H](O[Si](C)(C)C(C)(C)C)[C@@H](C)C=O. The number of esters is 1. The summed E-state index contributed by atoms with van der Waals surface area (Å²) in [7, 11) is -2.86. The fourth-order valence-corrected chi connectivity index (χ4v) is 5.51. The van der Waals surface area contributed by atoms with Crippen molar-refractivity contribution in [2.75, 3.05) is 7.11 Å². The number of ether oxygens (including phenoxy) is 1. The van der Waals surface area contributed by atoms with Crippen LogP contribution in [0.15, 0.2) is 0 Å². The molecule has 0 aliphatic rings. The summed E-state index contributed by atoms with van der Waals surface area (Å²) >= 11 is 0. The Hall–Kier alpha value is -0.506. The largest absolute Gasteiger partial charge is 0.469 e. The quantitative estimate of drug-likeness (QED) is 0.241. The van der Waals surface area contributed by atoms with Crippen molar-refractivity contribution in [1.29, 1.82) is 0 Å². The molecule has 0 fully saturated rings. The van der Waals surface area contributed by atoms with E-state index in [-0.39, 0.29) is 46.5 Å². The first-order valence-corrected chi connectivity index (χ1v) is 16.5. The van der Waals surface area contributed by atoms with Crippen LogP contribution in [0, 0.1) is 11.8 Å². The van der Waals surface area contributed by atoms with Crippen LogP contribution in [0.5, 0.6) is 0 Å². The third-order valence-corrected chi connectivity index (χ3v) is 15.9. The average molecular weight is 447 g/mol. The molecule has 0 saturated heterocycles. The lowest BCUT2D eigenvalue weighted by Crippen LogP contribution is -2.52. The highest BCUT2D eigenvalue weighted by atomic mass is 28.4. The summed E-state index contributed by atoms with van der Waals surface area (Å²) in [5, 5.41) is 0.0266. The van der Waals surface area contributed by atoms with Gasteiger partial charge in [-0.25, -0.2) is 0 Å². The standard InChI is InChI=1S/C22H46O5Si2/c1-16(15-23)20(27-29(12,13)22(6,7)8)17(2)18(14-19(24)25-9)26-28(10,11)21(3,4)5/h15-18,20H,14H2,1-13H3/t16-,17-,18+,20-/m0/s1. The smallest absolute Gasteiger partial charge is 0.308 e. The zero-order valence-electron chi connectivity index (χ0n) is 21.1. The second-order valence-electron chi connectivity index (χ2n) is 11.4. The third-order valence-electron chi connectivity index (χ3n) is 6.92. The number of aldehydes is 1. The first-order chi connectivity index (χ1) is 12.8. The molecule has 5 nitrogen and oxygen atoms in total. The van der Waals surface area contributed by atoms with E-state index in [1.807, 2.05) is 13.8 Å². The molecule has 0 aliphatic carbocycles. The van der Waals surface area contributed by atoms with Crippen LogP contribution in [0.25, 0.3) is 0 Å². The van der Waals surface area contributed by atoms with Crippen LogP contribution >= 0.6 is 0 Å². The molecule has 29 heavy (non-hydrogen) atoms. The Bertz CT molecular complexity index is 546. The van der Waals surface area contributed by atoms with Crippen molar-refractivity contribution in [2.45, 2.75) is 110 Å². The second-order valence-corrected chi connectivity index (χ2v) is 20.9. The number of carbonyl (C=O) groups is 2. The number of hydrogen-bond acceptors (Lipinski definition) is 5. The van der Waals surface area contributed by atoms with Crippen LogP contribution < -0.4 is 0 Å². The van der Waals surface area contributed by atoms with Gasteiger partial charge in [0.1, 0.15) is 6.29 Å². The summed E-state index contributed by atoms with van der Waals surface area (Å²) in [6.45, 7) is 25.8. The first kappa shape index (κ1) is 28.5. The molecule has 0 aromatic carbocycles. The Morgan fingerprint density at radius 1 is 0.897 bits per heavy atom. The molecule has 0 heterocycles. The highest BCUT2D eigenvalue weighted by molar-refractivity contribution is 6.74. The Morgan fingerprint density at radius 3 is 1.66 bits per heavy atom. The number of rotatable bonds is 10. The Balaban J connectivity index is 6.01. The molecule has 0 rings (SSSR count). The second kappa shape index (κ2) is 10.2. The van der Waals surface area contributed by atoms with Gasteiger partial charge in [0, 0.05) is 11.8 Å². The topological polar surface area (TPSA) is 61.8 Å². The van der Waals surface area contributed by atoms with E-state index in [9.17, 15) is 9.59 Å². The molecule has 7 heteroatoms. The summed E-state index contributed by atoms with van der Waals surface area (Å²) in [4.78, 5) is 23.9. The number of carbonyl (C=O) groups excluding carboxylic acids is 2. The van der Waals surface area contributed by atoms with Crippen molar-refractivity contribution in [3.63, 3.8) is 0 Å². The predicted octanol–water partition coefficient (Wildman–Crippen LogP) is 5.80. The van der Waals surface area contributed by atoms with Crippen molar-refractivity contribution >= 4 is 28.9 Å². The van der Waals surface area contributed by atoms with Crippen LogP contribution in [0.3, 0.4) is 0 Å². The van der Waals surface area contributed by atoms with Crippen molar-refractivity contribution in [2.24, 2.45) is 11.8 Å². The molecule has 0 radical (unpaired) electrons. The van der Waals surface area contributed by atoms with E-state index in [0.717, 1.165) is 6.29 Å². The zero-order valence-corrected chi connectivity index (χ0v) is 23.1. The summed E-state index contributed by atoms with van der Waals surface area (Å²) < 4.78 is 18.3. The number of methoxy groups -OCH3 is 1. The van der Waals surface area contributed by atoms with E-state index in [1.54, 1.807) is 0 Å². The summed E-state index contributed by atoms with van der Waals surface area (Å²) in [5.41, 5.74) is 0. The van der Waals surface area contributed by atoms with E-state index >= 15 is 0 Å². The van der Waals surface area contributed by atoms with E-state index in [0.29, 0.717) is 0 Å². The van der Waals surface area contributed by atoms with Gasteiger partial charge in [-0.05, 0) is 36.3 Å². The van der Waals surface area contributed by atoms with Crippen LogP contribution in [0.4, 0.5) is 0 Å². The molecule has 4 atom stereocenters. The monoisotopic (exact) mass is 446 g/mol. The molecule has 0 unspecified atom stereocenters. The van der Waals surface area contributed by atoms with Crippen LogP contribution in [-0.2, 0) is 23.2 Å². The zero-order chi connectivity index (χ0) is 23.4. The normalized spacial score (nSPS) is 18.0. The van der Waals surface area contributed by atoms with E-state index in [4.69, 9.17) is 13.6 Å². The van der Waals surface area contributed by atoms with Gasteiger partial charge in [-0.2, -0.15) is 0 Å². The molecule has 0 aromatic rings. The average Bonchev–Trinajstić information content (AvgIpc) is 2.55. The highest BCUT2D eigenvalue weighted by Crippen LogP contribution is 2.42. The fraction of sp³-hybridized carbons (Fsp3) is 0.909. The lowest BCUT2D eigenvalue weighted by Gasteiger charge is -2.45. The lowest BCUT2D eigenvalue weighted by atomic mass is 9.89. The Kier molecular flexibility index (Phi) is 10.0. The lowest BCUT2D eigenvalue weighted by molar-refractivity contribution is -0.144. The maximum absolute atomic E-state index is 12.2. The van der Waals surface area contributed by atoms with Gasteiger partial charge in [0.25, 0.3) is 0 Å². The highest BCUT2D eigenvalue weighted by Gasteiger charge is 2.46. The maximum Gasteiger partial charge on any atom is 0.308 e. The van der Waals surface area contributed by atoms with Crippen LogP contribution in [-0.4, -0.2) is 48.2 Å². The van der Waals surface area contributed by atoms with Gasteiger partial charge in [0.15, 0.2) is 16.6 Å². The Morgan fingerprint density at radius 2 is 1.31 bits per heavy atom. The molecule has 0 aliphatic heterocycles. The minimum absolute atomic E-state index is 0.00709. The van der Waals surface area contributed by atoms with Crippen molar-refractivity contribution < 1.29 is 23.2 Å². The van der Waals surface area contributed by atoms with E-state index in [1.165, 1.54) is 7.11 Å². The maximum atomic E-state index is 12.2. The summed E-state index contributed by atoms with van der Waals surface area (Å²) in [6.07, 6.45) is 0.441.